The van der Waals surface area contributed by atoms with Crippen molar-refractivity contribution in [3.63, 3.8) is 0 Å². The Morgan fingerprint density at radius 3 is 2.25 bits per heavy atom. The lowest BCUT2D eigenvalue weighted by molar-refractivity contribution is 0.0418. The molecule has 0 saturated heterocycles. The second-order valence-corrected chi connectivity index (χ2v) is 5.31. The predicted molar refractivity (Wildman–Crippen MR) is 55.1 cm³/mol. The molecule has 0 atom stereocenters. The molecule has 0 aliphatic carbocycles. The molecule has 0 saturated carbocycles. The second-order valence-electron chi connectivity index (χ2n) is 3.14. The fourth-order valence-electron chi connectivity index (χ4n) is 0.917. The van der Waals surface area contributed by atoms with Crippen LogP contribution < -0.4 is 0 Å². The van der Waals surface area contributed by atoms with E-state index in [1.54, 1.807) is 6.92 Å². The highest BCUT2D eigenvalue weighted by molar-refractivity contribution is 7.86. The molecule has 0 aliphatic rings. The molecular weight excluding hydrogens is 262 g/mol. The van der Waals surface area contributed by atoms with Crippen LogP contribution in [0.2, 0.25) is 0 Å². The van der Waals surface area contributed by atoms with E-state index in [-0.39, 0.29) is 4.90 Å². The van der Waals surface area contributed by atoms with Crippen molar-refractivity contribution in [1.29, 1.82) is 0 Å². The van der Waals surface area contributed by atoms with Crippen molar-refractivity contribution < 1.29 is 21.4 Å². The fourth-order valence-corrected chi connectivity index (χ4v) is 1.95. The number of alkyl halides is 3. The van der Waals surface area contributed by atoms with Crippen LogP contribution in [0, 0.1) is 6.92 Å². The topological polar surface area (TPSA) is 43.4 Å². The van der Waals surface area contributed by atoms with Gasteiger partial charge in [0.15, 0.2) is 0 Å². The Bertz CT molecular complexity index is 451. The Balaban J connectivity index is 2.83. The molecular formula is C9H9ClF2O3S. The van der Waals surface area contributed by atoms with Crippen LogP contribution >= 0.6 is 11.6 Å². The SMILES string of the molecule is Cc1ccc(S(=O)(=O)OCC(F)(F)Cl)cc1. The predicted octanol–water partition coefficient (Wildman–Crippen LogP) is 2.53. The molecule has 1 aromatic carbocycles. The van der Waals surface area contributed by atoms with Crippen molar-refractivity contribution in [2.45, 2.75) is 17.2 Å². The maximum Gasteiger partial charge on any atom is 0.346 e. The Hall–Kier alpha value is -0.720. The molecule has 16 heavy (non-hydrogen) atoms. The van der Waals surface area contributed by atoms with Crippen molar-refractivity contribution in [2.75, 3.05) is 6.61 Å². The molecule has 7 heteroatoms. The van der Waals surface area contributed by atoms with E-state index in [0.29, 0.717) is 0 Å². The summed E-state index contributed by atoms with van der Waals surface area (Å²) in [5.41, 5.74) is 0.849. The largest absolute Gasteiger partial charge is 0.346 e. The lowest BCUT2D eigenvalue weighted by Crippen LogP contribution is -2.19. The molecule has 0 aromatic heterocycles. The van der Waals surface area contributed by atoms with Crippen molar-refractivity contribution in [1.82, 2.24) is 0 Å². The molecule has 0 amide bonds. The van der Waals surface area contributed by atoms with Gasteiger partial charge >= 0.3 is 5.38 Å². The van der Waals surface area contributed by atoms with Crippen molar-refractivity contribution in [3.8, 4) is 0 Å². The van der Waals surface area contributed by atoms with Crippen LogP contribution in [0.3, 0.4) is 0 Å². The van der Waals surface area contributed by atoms with Crippen LogP contribution in [0.5, 0.6) is 0 Å². The third-order valence-corrected chi connectivity index (χ3v) is 3.07. The van der Waals surface area contributed by atoms with Gasteiger partial charge in [-0.25, -0.2) is 0 Å². The van der Waals surface area contributed by atoms with Crippen LogP contribution in [0.4, 0.5) is 8.78 Å². The van der Waals surface area contributed by atoms with Gasteiger partial charge in [0.05, 0.1) is 4.90 Å². The Morgan fingerprint density at radius 2 is 1.81 bits per heavy atom. The van der Waals surface area contributed by atoms with Crippen molar-refractivity contribution in [2.24, 2.45) is 0 Å². The number of aryl methyl sites for hydroxylation is 1. The Morgan fingerprint density at radius 1 is 1.31 bits per heavy atom. The lowest BCUT2D eigenvalue weighted by Gasteiger charge is -2.09. The van der Waals surface area contributed by atoms with Crippen molar-refractivity contribution >= 4 is 21.7 Å². The van der Waals surface area contributed by atoms with Gasteiger partial charge in [-0.1, -0.05) is 17.7 Å². The van der Waals surface area contributed by atoms with Crippen molar-refractivity contribution in [3.05, 3.63) is 29.8 Å². The number of hydrogen-bond donors (Lipinski definition) is 0. The highest BCUT2D eigenvalue weighted by atomic mass is 35.5. The fraction of sp³-hybridized carbons (Fsp3) is 0.333. The summed E-state index contributed by atoms with van der Waals surface area (Å²) in [6.45, 7) is 0.384. The first-order chi connectivity index (χ1) is 7.21. The summed E-state index contributed by atoms with van der Waals surface area (Å²) in [5, 5.41) is -3.70. The highest BCUT2D eigenvalue weighted by Gasteiger charge is 2.29. The van der Waals surface area contributed by atoms with Crippen LogP contribution in [0.25, 0.3) is 0 Å². The maximum atomic E-state index is 12.2. The molecule has 0 spiro atoms. The number of halogens is 3. The van der Waals surface area contributed by atoms with E-state index < -0.39 is 22.1 Å². The Kier molecular flexibility index (Phi) is 3.88. The van der Waals surface area contributed by atoms with Gasteiger partial charge in [-0.15, -0.1) is 0 Å². The van der Waals surface area contributed by atoms with Crippen LogP contribution in [-0.4, -0.2) is 20.4 Å². The average molecular weight is 271 g/mol. The minimum atomic E-state index is -4.17. The van der Waals surface area contributed by atoms with E-state index in [4.69, 9.17) is 0 Å². The van der Waals surface area contributed by atoms with Crippen LogP contribution in [0.15, 0.2) is 29.2 Å². The summed E-state index contributed by atoms with van der Waals surface area (Å²) < 4.78 is 51.3. The van der Waals surface area contributed by atoms with Gasteiger partial charge in [0.25, 0.3) is 10.1 Å². The molecule has 1 rings (SSSR count). The Labute approximate surface area is 97.1 Å². The molecule has 0 fully saturated rings. The van der Waals surface area contributed by atoms with E-state index in [9.17, 15) is 17.2 Å². The lowest BCUT2D eigenvalue weighted by atomic mass is 10.2. The molecule has 1 aromatic rings. The number of hydrogen-bond acceptors (Lipinski definition) is 3. The third-order valence-electron chi connectivity index (χ3n) is 1.69. The third kappa shape index (κ3) is 4.03. The highest BCUT2D eigenvalue weighted by Crippen LogP contribution is 2.22. The molecule has 0 N–H and O–H groups in total. The summed E-state index contributed by atoms with van der Waals surface area (Å²) in [6, 6.07) is 5.62. The summed E-state index contributed by atoms with van der Waals surface area (Å²) in [5.74, 6) is 0. The summed E-state index contributed by atoms with van der Waals surface area (Å²) in [7, 11) is -4.17. The van der Waals surface area contributed by atoms with Gasteiger partial charge in [0, 0.05) is 0 Å². The first kappa shape index (κ1) is 13.3. The zero-order chi connectivity index (χ0) is 12.4. The van der Waals surface area contributed by atoms with Gasteiger partial charge in [0.1, 0.15) is 6.61 Å². The normalized spacial score (nSPS) is 12.8. The first-order valence-corrected chi connectivity index (χ1v) is 6.02. The molecule has 0 heterocycles. The average Bonchev–Trinajstić information content (AvgIpc) is 2.15. The maximum absolute atomic E-state index is 12.2. The molecule has 0 aliphatic heterocycles. The van der Waals surface area contributed by atoms with E-state index >= 15 is 0 Å². The van der Waals surface area contributed by atoms with E-state index in [1.165, 1.54) is 24.3 Å². The number of rotatable bonds is 4. The van der Waals surface area contributed by atoms with Gasteiger partial charge in [0.2, 0.25) is 0 Å². The zero-order valence-corrected chi connectivity index (χ0v) is 9.86. The minimum Gasteiger partial charge on any atom is -0.259 e. The molecule has 0 radical (unpaired) electrons. The van der Waals surface area contributed by atoms with Gasteiger partial charge in [-0.3, -0.25) is 4.18 Å². The number of benzene rings is 1. The van der Waals surface area contributed by atoms with E-state index in [2.05, 4.69) is 15.8 Å². The van der Waals surface area contributed by atoms with Crippen LogP contribution in [-0.2, 0) is 14.3 Å². The molecule has 0 unspecified atom stereocenters. The minimum absolute atomic E-state index is 0.181. The molecule has 3 nitrogen and oxygen atoms in total. The van der Waals surface area contributed by atoms with E-state index in [0.717, 1.165) is 5.56 Å². The smallest absolute Gasteiger partial charge is 0.259 e. The monoisotopic (exact) mass is 270 g/mol. The standard InChI is InChI=1S/C9H9ClF2O3S/c1-7-2-4-8(5-3-7)16(13,14)15-6-9(10,11)12/h2-5H,6H2,1H3. The summed E-state index contributed by atoms with van der Waals surface area (Å²) in [6.07, 6.45) is 0. The summed E-state index contributed by atoms with van der Waals surface area (Å²) in [4.78, 5) is -0.181. The molecule has 90 valence electrons. The first-order valence-electron chi connectivity index (χ1n) is 4.23. The van der Waals surface area contributed by atoms with Gasteiger partial charge in [-0.2, -0.15) is 17.2 Å². The molecule has 0 bridgehead atoms. The van der Waals surface area contributed by atoms with Gasteiger partial charge < -0.3 is 0 Å². The zero-order valence-electron chi connectivity index (χ0n) is 8.28. The van der Waals surface area contributed by atoms with Gasteiger partial charge in [-0.05, 0) is 30.7 Å². The van der Waals surface area contributed by atoms with E-state index in [1.807, 2.05) is 0 Å². The second kappa shape index (κ2) is 4.65. The van der Waals surface area contributed by atoms with Crippen LogP contribution in [0.1, 0.15) is 5.56 Å². The summed E-state index contributed by atoms with van der Waals surface area (Å²) >= 11 is 4.53. The quantitative estimate of drug-likeness (QED) is 0.624.